The lowest BCUT2D eigenvalue weighted by Crippen LogP contribution is -2.11. The van der Waals surface area contributed by atoms with E-state index in [2.05, 4.69) is 25.8 Å². The molecule has 2 rings (SSSR count). The van der Waals surface area contributed by atoms with E-state index >= 15 is 0 Å². The minimum Gasteiger partial charge on any atom is -0.383 e. The summed E-state index contributed by atoms with van der Waals surface area (Å²) in [7, 11) is 0. The molecule has 0 fully saturated rings. The molecule has 0 radical (unpaired) electrons. The second kappa shape index (κ2) is 3.67. The van der Waals surface area contributed by atoms with Crippen LogP contribution in [0.1, 0.15) is 26.5 Å². The first-order valence-corrected chi connectivity index (χ1v) is 5.67. The van der Waals surface area contributed by atoms with E-state index in [4.69, 9.17) is 17.3 Å². The zero-order valence-corrected chi connectivity index (χ0v) is 10.5. The van der Waals surface area contributed by atoms with Crippen LogP contribution in [0.25, 0.3) is 5.65 Å². The van der Waals surface area contributed by atoms with E-state index in [9.17, 15) is 0 Å². The fourth-order valence-electron chi connectivity index (χ4n) is 1.73. The van der Waals surface area contributed by atoms with Gasteiger partial charge in [-0.15, -0.1) is 0 Å². The number of imidazole rings is 1. The number of nitrogens with zero attached hydrogens (tertiary/aromatic N) is 2. The molecule has 0 spiro atoms. The van der Waals surface area contributed by atoms with Gasteiger partial charge < -0.3 is 5.73 Å². The summed E-state index contributed by atoms with van der Waals surface area (Å²) >= 11 is 6.07. The maximum absolute atomic E-state index is 6.07. The fourth-order valence-corrected chi connectivity index (χ4v) is 1.94. The highest BCUT2D eigenvalue weighted by Gasteiger charge is 2.18. The first kappa shape index (κ1) is 11.3. The van der Waals surface area contributed by atoms with Crippen LogP contribution in [0, 0.1) is 5.41 Å². The second-order valence-corrected chi connectivity index (χ2v) is 5.64. The van der Waals surface area contributed by atoms with Crippen molar-refractivity contribution in [2.24, 2.45) is 5.41 Å². The van der Waals surface area contributed by atoms with Crippen molar-refractivity contribution < 1.29 is 0 Å². The molecule has 86 valence electrons. The lowest BCUT2D eigenvalue weighted by molar-refractivity contribution is 0.408. The molecule has 0 aliphatic rings. The van der Waals surface area contributed by atoms with Gasteiger partial charge in [0.1, 0.15) is 5.82 Å². The van der Waals surface area contributed by atoms with Crippen molar-refractivity contribution in [2.75, 3.05) is 5.73 Å². The fraction of sp³-hybridized carbons (Fsp3) is 0.417. The third-order valence-electron chi connectivity index (χ3n) is 2.41. The molecule has 0 saturated heterocycles. The van der Waals surface area contributed by atoms with Crippen molar-refractivity contribution >= 4 is 23.1 Å². The molecule has 2 aromatic rings. The lowest BCUT2D eigenvalue weighted by Gasteiger charge is -2.16. The van der Waals surface area contributed by atoms with Crippen LogP contribution >= 0.6 is 11.6 Å². The largest absolute Gasteiger partial charge is 0.383 e. The van der Waals surface area contributed by atoms with E-state index in [1.165, 1.54) is 0 Å². The standard InChI is InChI=1S/C12H16ClN3/c1-12(2,3)7-9-10(14)16-6-4-5-8(13)11(16)15-9/h4-6H,7,14H2,1-3H3. The van der Waals surface area contributed by atoms with Gasteiger partial charge in [0, 0.05) is 6.20 Å². The van der Waals surface area contributed by atoms with Crippen LogP contribution in [0.15, 0.2) is 18.3 Å². The average Bonchev–Trinajstić information content (AvgIpc) is 2.44. The number of nitrogen functional groups attached to an aromatic ring is 1. The minimum atomic E-state index is 0.165. The van der Waals surface area contributed by atoms with Gasteiger partial charge in [0.25, 0.3) is 0 Å². The van der Waals surface area contributed by atoms with Gasteiger partial charge in [-0.3, -0.25) is 4.40 Å². The van der Waals surface area contributed by atoms with Crippen LogP contribution < -0.4 is 5.73 Å². The van der Waals surface area contributed by atoms with Gasteiger partial charge in [-0.25, -0.2) is 4.98 Å². The van der Waals surface area contributed by atoms with Crippen molar-refractivity contribution in [3.63, 3.8) is 0 Å². The lowest BCUT2D eigenvalue weighted by atomic mass is 9.90. The Morgan fingerprint density at radius 1 is 1.44 bits per heavy atom. The summed E-state index contributed by atoms with van der Waals surface area (Å²) in [5.41, 5.74) is 7.88. The molecule has 0 aliphatic heterocycles. The van der Waals surface area contributed by atoms with Crippen molar-refractivity contribution in [1.29, 1.82) is 0 Å². The van der Waals surface area contributed by atoms with E-state index < -0.39 is 0 Å². The molecule has 0 aliphatic carbocycles. The van der Waals surface area contributed by atoms with Crippen molar-refractivity contribution in [2.45, 2.75) is 27.2 Å². The van der Waals surface area contributed by atoms with Crippen molar-refractivity contribution in [3.05, 3.63) is 29.0 Å². The van der Waals surface area contributed by atoms with E-state index in [1.807, 2.05) is 22.7 Å². The van der Waals surface area contributed by atoms with Gasteiger partial charge in [0.2, 0.25) is 0 Å². The van der Waals surface area contributed by atoms with Crippen molar-refractivity contribution in [3.8, 4) is 0 Å². The van der Waals surface area contributed by atoms with Gasteiger partial charge in [-0.1, -0.05) is 32.4 Å². The molecule has 0 unspecified atom stereocenters. The number of nitrogens with two attached hydrogens (primary N) is 1. The van der Waals surface area contributed by atoms with E-state index in [-0.39, 0.29) is 5.41 Å². The number of hydrogen-bond acceptors (Lipinski definition) is 2. The van der Waals surface area contributed by atoms with E-state index in [0.29, 0.717) is 10.8 Å². The van der Waals surface area contributed by atoms with Gasteiger partial charge in [0.15, 0.2) is 5.65 Å². The van der Waals surface area contributed by atoms with Gasteiger partial charge in [-0.2, -0.15) is 0 Å². The zero-order valence-electron chi connectivity index (χ0n) is 9.79. The molecule has 3 nitrogen and oxygen atoms in total. The second-order valence-electron chi connectivity index (χ2n) is 5.23. The van der Waals surface area contributed by atoms with Crippen LogP contribution in [0.4, 0.5) is 5.82 Å². The van der Waals surface area contributed by atoms with Gasteiger partial charge in [0.05, 0.1) is 10.7 Å². The molecule has 0 aromatic carbocycles. The molecule has 0 bridgehead atoms. The molecule has 0 amide bonds. The van der Waals surface area contributed by atoms with Crippen LogP contribution in [-0.4, -0.2) is 9.38 Å². The van der Waals surface area contributed by atoms with E-state index in [0.717, 1.165) is 17.8 Å². The Labute approximate surface area is 100 Å². The highest BCUT2D eigenvalue weighted by Crippen LogP contribution is 2.27. The first-order valence-electron chi connectivity index (χ1n) is 5.29. The summed E-state index contributed by atoms with van der Waals surface area (Å²) < 4.78 is 1.84. The number of fused-ring (bicyclic) bond motifs is 1. The maximum Gasteiger partial charge on any atom is 0.157 e. The Balaban J connectivity index is 2.56. The average molecular weight is 238 g/mol. The summed E-state index contributed by atoms with van der Waals surface area (Å²) in [5, 5.41) is 0.634. The molecule has 4 heteroatoms. The monoisotopic (exact) mass is 237 g/mol. The highest BCUT2D eigenvalue weighted by molar-refractivity contribution is 6.33. The Morgan fingerprint density at radius 3 is 2.69 bits per heavy atom. The Morgan fingerprint density at radius 2 is 2.12 bits per heavy atom. The summed E-state index contributed by atoms with van der Waals surface area (Å²) in [6, 6.07) is 3.69. The van der Waals surface area contributed by atoms with Crippen molar-refractivity contribution in [1.82, 2.24) is 9.38 Å². The summed E-state index contributed by atoms with van der Waals surface area (Å²) in [5.74, 6) is 0.687. The smallest absolute Gasteiger partial charge is 0.157 e. The number of anilines is 1. The molecule has 2 aromatic heterocycles. The summed E-state index contributed by atoms with van der Waals surface area (Å²) in [4.78, 5) is 4.50. The number of pyridine rings is 1. The molecular formula is C12H16ClN3. The zero-order chi connectivity index (χ0) is 11.9. The van der Waals surface area contributed by atoms with Crippen LogP contribution in [-0.2, 0) is 6.42 Å². The van der Waals surface area contributed by atoms with E-state index in [1.54, 1.807) is 0 Å². The maximum atomic E-state index is 6.07. The normalized spacial score (nSPS) is 12.2. The van der Waals surface area contributed by atoms with Crippen LogP contribution in [0.2, 0.25) is 5.02 Å². The predicted octanol–water partition coefficient (Wildman–Crippen LogP) is 3.16. The summed E-state index contributed by atoms with van der Waals surface area (Å²) in [6.07, 6.45) is 2.73. The molecule has 2 heterocycles. The molecule has 0 atom stereocenters. The highest BCUT2D eigenvalue weighted by atomic mass is 35.5. The van der Waals surface area contributed by atoms with Crippen LogP contribution in [0.3, 0.4) is 0 Å². The SMILES string of the molecule is CC(C)(C)Cc1nc2c(Cl)cccn2c1N. The van der Waals surface area contributed by atoms with Crippen LogP contribution in [0.5, 0.6) is 0 Å². The molecule has 16 heavy (non-hydrogen) atoms. The number of hydrogen-bond donors (Lipinski definition) is 1. The molecular weight excluding hydrogens is 222 g/mol. The third kappa shape index (κ3) is 2.00. The topological polar surface area (TPSA) is 43.3 Å². The quantitative estimate of drug-likeness (QED) is 0.828. The summed E-state index contributed by atoms with van der Waals surface area (Å²) in [6.45, 7) is 6.49. The number of rotatable bonds is 1. The van der Waals surface area contributed by atoms with Gasteiger partial charge >= 0.3 is 0 Å². The number of aromatic nitrogens is 2. The molecule has 2 N–H and O–H groups in total. The Bertz CT molecular complexity index is 523. The molecule has 0 saturated carbocycles. The minimum absolute atomic E-state index is 0.165. The number of halogens is 1. The third-order valence-corrected chi connectivity index (χ3v) is 2.71. The Kier molecular flexibility index (Phi) is 2.58. The Hall–Kier alpha value is -1.22. The predicted molar refractivity (Wildman–Crippen MR) is 67.8 cm³/mol. The first-order chi connectivity index (χ1) is 7.38. The van der Waals surface area contributed by atoms with Gasteiger partial charge in [-0.05, 0) is 24.0 Å².